The van der Waals surface area contributed by atoms with Crippen molar-refractivity contribution in [3.63, 3.8) is 0 Å². The Morgan fingerprint density at radius 2 is 1.91 bits per heavy atom. The van der Waals surface area contributed by atoms with Crippen LogP contribution in [-0.4, -0.2) is 23.5 Å². The molecule has 0 spiro atoms. The number of hydrogen-bond donors (Lipinski definition) is 2. The summed E-state index contributed by atoms with van der Waals surface area (Å²) in [5, 5.41) is 11.6. The standard InChI is InChI=1S/C19H19NO3/c21-18-11-17(12-20-18)15-7-5-14(6-8-15)16-3-1-2-13(10-16)4-9-19(22)23/h1-3,5-8,10,17H,4,9,11-12H2,(H,20,21)(H,22,23). The SMILES string of the molecule is O=C(O)CCc1cccc(-c2ccc(C3CNC(=O)C3)cc2)c1. The van der Waals surface area contributed by atoms with Crippen molar-refractivity contribution in [2.45, 2.75) is 25.2 Å². The summed E-state index contributed by atoms with van der Waals surface area (Å²) in [5.74, 6) is -0.400. The van der Waals surface area contributed by atoms with E-state index in [0.717, 1.165) is 16.7 Å². The molecule has 1 amide bonds. The molecule has 1 fully saturated rings. The minimum atomic E-state index is -0.778. The molecule has 1 saturated heterocycles. The Kier molecular flexibility index (Phi) is 4.42. The molecule has 2 aromatic rings. The van der Waals surface area contributed by atoms with Crippen LogP contribution in [0.5, 0.6) is 0 Å². The van der Waals surface area contributed by atoms with Crippen molar-refractivity contribution in [3.8, 4) is 11.1 Å². The first-order chi connectivity index (χ1) is 11.1. The van der Waals surface area contributed by atoms with E-state index in [2.05, 4.69) is 29.6 Å². The molecular weight excluding hydrogens is 290 g/mol. The van der Waals surface area contributed by atoms with Gasteiger partial charge < -0.3 is 10.4 Å². The molecule has 4 heteroatoms. The topological polar surface area (TPSA) is 66.4 Å². The maximum Gasteiger partial charge on any atom is 0.303 e. The smallest absolute Gasteiger partial charge is 0.303 e. The summed E-state index contributed by atoms with van der Waals surface area (Å²) >= 11 is 0. The average Bonchev–Trinajstić information content (AvgIpc) is 3.00. The van der Waals surface area contributed by atoms with Crippen molar-refractivity contribution in [1.29, 1.82) is 0 Å². The molecule has 23 heavy (non-hydrogen) atoms. The molecule has 0 radical (unpaired) electrons. The van der Waals surface area contributed by atoms with Gasteiger partial charge in [0, 0.05) is 25.3 Å². The van der Waals surface area contributed by atoms with E-state index in [9.17, 15) is 9.59 Å². The lowest BCUT2D eigenvalue weighted by atomic mass is 9.95. The molecule has 1 unspecified atom stereocenters. The Hall–Kier alpha value is -2.62. The molecule has 4 nitrogen and oxygen atoms in total. The van der Waals surface area contributed by atoms with Gasteiger partial charge in [-0.3, -0.25) is 9.59 Å². The summed E-state index contributed by atoms with van der Waals surface area (Å²) in [5.41, 5.74) is 4.39. The number of aryl methyl sites for hydroxylation is 1. The summed E-state index contributed by atoms with van der Waals surface area (Å²) < 4.78 is 0. The van der Waals surface area contributed by atoms with Crippen molar-refractivity contribution >= 4 is 11.9 Å². The van der Waals surface area contributed by atoms with Crippen LogP contribution in [0, 0.1) is 0 Å². The number of aliphatic carboxylic acids is 1. The highest BCUT2D eigenvalue weighted by Crippen LogP contribution is 2.27. The van der Waals surface area contributed by atoms with Crippen molar-refractivity contribution in [1.82, 2.24) is 5.32 Å². The lowest BCUT2D eigenvalue weighted by molar-refractivity contribution is -0.137. The number of rotatable bonds is 5. The fraction of sp³-hybridized carbons (Fsp3) is 0.263. The van der Waals surface area contributed by atoms with Gasteiger partial charge in [0.1, 0.15) is 0 Å². The summed E-state index contributed by atoms with van der Waals surface area (Å²) in [7, 11) is 0. The van der Waals surface area contributed by atoms with Gasteiger partial charge in [0.25, 0.3) is 0 Å². The largest absolute Gasteiger partial charge is 0.481 e. The first-order valence-corrected chi connectivity index (χ1v) is 7.79. The van der Waals surface area contributed by atoms with E-state index in [0.29, 0.717) is 19.4 Å². The van der Waals surface area contributed by atoms with Crippen LogP contribution < -0.4 is 5.32 Å². The maximum absolute atomic E-state index is 11.3. The molecule has 118 valence electrons. The highest BCUT2D eigenvalue weighted by atomic mass is 16.4. The predicted molar refractivity (Wildman–Crippen MR) is 88.2 cm³/mol. The summed E-state index contributed by atoms with van der Waals surface area (Å²) in [6, 6.07) is 16.3. The van der Waals surface area contributed by atoms with Crippen molar-refractivity contribution < 1.29 is 14.7 Å². The molecule has 0 saturated carbocycles. The third-order valence-corrected chi connectivity index (χ3v) is 4.25. The second-order valence-electron chi connectivity index (χ2n) is 5.92. The lowest BCUT2D eigenvalue weighted by Crippen LogP contribution is -2.13. The fourth-order valence-corrected chi connectivity index (χ4v) is 2.95. The van der Waals surface area contributed by atoms with Crippen LogP contribution in [0.25, 0.3) is 11.1 Å². The highest BCUT2D eigenvalue weighted by Gasteiger charge is 2.22. The van der Waals surface area contributed by atoms with E-state index in [1.165, 1.54) is 5.56 Å². The van der Waals surface area contributed by atoms with Crippen LogP contribution in [0.4, 0.5) is 0 Å². The van der Waals surface area contributed by atoms with Gasteiger partial charge in [0.2, 0.25) is 5.91 Å². The molecule has 0 bridgehead atoms. The van der Waals surface area contributed by atoms with Crippen molar-refractivity contribution in [2.24, 2.45) is 0 Å². The number of amides is 1. The molecule has 1 heterocycles. The van der Waals surface area contributed by atoms with Gasteiger partial charge in [-0.15, -0.1) is 0 Å². The van der Waals surface area contributed by atoms with Gasteiger partial charge in [-0.05, 0) is 28.7 Å². The number of carbonyl (C=O) groups excluding carboxylic acids is 1. The van der Waals surface area contributed by atoms with E-state index >= 15 is 0 Å². The van der Waals surface area contributed by atoms with Gasteiger partial charge in [0.05, 0.1) is 0 Å². The molecule has 2 N–H and O–H groups in total. The molecule has 0 aromatic heterocycles. The van der Waals surface area contributed by atoms with E-state index < -0.39 is 5.97 Å². The normalized spacial score (nSPS) is 17.0. The number of benzene rings is 2. The second-order valence-corrected chi connectivity index (χ2v) is 5.92. The maximum atomic E-state index is 11.3. The number of nitrogens with one attached hydrogen (secondary N) is 1. The first-order valence-electron chi connectivity index (χ1n) is 7.79. The third kappa shape index (κ3) is 3.77. The zero-order chi connectivity index (χ0) is 16.2. The van der Waals surface area contributed by atoms with Crippen LogP contribution in [0.2, 0.25) is 0 Å². The number of hydrogen-bond acceptors (Lipinski definition) is 2. The monoisotopic (exact) mass is 309 g/mol. The Bertz CT molecular complexity index is 722. The Labute approximate surface area is 135 Å². The van der Waals surface area contributed by atoms with E-state index in [1.807, 2.05) is 24.3 Å². The Morgan fingerprint density at radius 3 is 2.57 bits per heavy atom. The highest BCUT2D eigenvalue weighted by molar-refractivity contribution is 5.79. The van der Waals surface area contributed by atoms with Crippen molar-refractivity contribution in [3.05, 3.63) is 59.7 Å². The number of carboxylic acids is 1. The van der Waals surface area contributed by atoms with Crippen LogP contribution in [-0.2, 0) is 16.0 Å². The zero-order valence-corrected chi connectivity index (χ0v) is 12.8. The van der Waals surface area contributed by atoms with Gasteiger partial charge in [-0.1, -0.05) is 48.5 Å². The van der Waals surface area contributed by atoms with Crippen LogP contribution in [0.3, 0.4) is 0 Å². The second kappa shape index (κ2) is 6.65. The summed E-state index contributed by atoms with van der Waals surface area (Å²) in [6.07, 6.45) is 1.24. The molecule has 1 aliphatic heterocycles. The van der Waals surface area contributed by atoms with Gasteiger partial charge in [-0.2, -0.15) is 0 Å². The molecule has 2 aromatic carbocycles. The predicted octanol–water partition coefficient (Wildman–Crippen LogP) is 2.97. The zero-order valence-electron chi connectivity index (χ0n) is 12.8. The minimum Gasteiger partial charge on any atom is -0.481 e. The fourth-order valence-electron chi connectivity index (χ4n) is 2.95. The van der Waals surface area contributed by atoms with Crippen LogP contribution >= 0.6 is 0 Å². The van der Waals surface area contributed by atoms with E-state index in [1.54, 1.807) is 0 Å². The molecule has 1 atom stereocenters. The van der Waals surface area contributed by atoms with E-state index in [4.69, 9.17) is 5.11 Å². The minimum absolute atomic E-state index is 0.116. The van der Waals surface area contributed by atoms with Gasteiger partial charge in [0.15, 0.2) is 0 Å². The first kappa shape index (κ1) is 15.3. The molecule has 3 rings (SSSR count). The lowest BCUT2D eigenvalue weighted by Gasteiger charge is -2.10. The number of carbonyl (C=O) groups is 2. The van der Waals surface area contributed by atoms with Crippen molar-refractivity contribution in [2.75, 3.05) is 6.54 Å². The van der Waals surface area contributed by atoms with E-state index in [-0.39, 0.29) is 18.2 Å². The molecule has 1 aliphatic rings. The molecule has 0 aliphatic carbocycles. The van der Waals surface area contributed by atoms with Crippen LogP contribution in [0.1, 0.15) is 29.9 Å². The van der Waals surface area contributed by atoms with Crippen LogP contribution in [0.15, 0.2) is 48.5 Å². The Balaban J connectivity index is 1.75. The third-order valence-electron chi connectivity index (χ3n) is 4.25. The van der Waals surface area contributed by atoms with Gasteiger partial charge in [-0.25, -0.2) is 0 Å². The average molecular weight is 309 g/mol. The molecular formula is C19H19NO3. The Morgan fingerprint density at radius 1 is 1.13 bits per heavy atom. The van der Waals surface area contributed by atoms with Gasteiger partial charge >= 0.3 is 5.97 Å². The quantitative estimate of drug-likeness (QED) is 0.892. The summed E-state index contributed by atoms with van der Waals surface area (Å²) in [6.45, 7) is 0.711. The summed E-state index contributed by atoms with van der Waals surface area (Å²) in [4.78, 5) is 22.0. The number of carboxylic acid groups (broad SMARTS) is 1.